The first-order valence-corrected chi connectivity index (χ1v) is 10.2. The topological polar surface area (TPSA) is 52.5 Å². The van der Waals surface area contributed by atoms with Crippen molar-refractivity contribution in [2.75, 3.05) is 21.3 Å². The van der Waals surface area contributed by atoms with Crippen LogP contribution in [0.1, 0.15) is 35.4 Å². The molecule has 2 atom stereocenters. The Morgan fingerprint density at radius 2 is 1.71 bits per heavy atom. The highest BCUT2D eigenvalue weighted by Gasteiger charge is 2.41. The van der Waals surface area contributed by atoms with Gasteiger partial charge in [-0.15, -0.1) is 0 Å². The lowest BCUT2D eigenvalue weighted by atomic mass is 9.95. The van der Waals surface area contributed by atoms with Crippen LogP contribution >= 0.6 is 0 Å². The van der Waals surface area contributed by atoms with E-state index in [9.17, 15) is 0 Å². The van der Waals surface area contributed by atoms with Crippen molar-refractivity contribution in [1.82, 2.24) is 5.01 Å². The minimum atomic E-state index is -0.340. The summed E-state index contributed by atoms with van der Waals surface area (Å²) in [5.74, 6) is 3.07. The predicted octanol–water partition coefficient (Wildman–Crippen LogP) is 4.95. The molecule has 0 amide bonds. The zero-order valence-electron chi connectivity index (χ0n) is 17.7. The maximum absolute atomic E-state index is 6.42. The van der Waals surface area contributed by atoms with Crippen molar-refractivity contribution in [1.29, 1.82) is 0 Å². The molecular weight excluding hydrogens is 392 g/mol. The van der Waals surface area contributed by atoms with Crippen molar-refractivity contribution in [3.05, 3.63) is 83.4 Å². The van der Waals surface area contributed by atoms with Gasteiger partial charge in [-0.25, -0.2) is 5.01 Å². The fourth-order valence-electron chi connectivity index (χ4n) is 4.24. The molecule has 2 aliphatic rings. The number of hydrogen-bond donors (Lipinski definition) is 0. The molecule has 0 saturated carbocycles. The normalized spacial score (nSPS) is 19.1. The van der Waals surface area contributed by atoms with Gasteiger partial charge in [0, 0.05) is 23.1 Å². The second-order valence-electron chi connectivity index (χ2n) is 7.50. The van der Waals surface area contributed by atoms with Crippen molar-refractivity contribution in [3.8, 4) is 23.0 Å². The van der Waals surface area contributed by atoms with Crippen molar-refractivity contribution >= 4 is 5.71 Å². The molecule has 2 aliphatic heterocycles. The highest BCUT2D eigenvalue weighted by Crippen LogP contribution is 2.48. The van der Waals surface area contributed by atoms with Crippen LogP contribution in [0.5, 0.6) is 23.0 Å². The summed E-state index contributed by atoms with van der Waals surface area (Å²) in [7, 11) is 4.95. The van der Waals surface area contributed by atoms with Crippen LogP contribution in [0.4, 0.5) is 0 Å². The molecule has 158 valence electrons. The maximum Gasteiger partial charge on any atom is 0.214 e. The van der Waals surface area contributed by atoms with Crippen LogP contribution in [0.15, 0.2) is 71.8 Å². The van der Waals surface area contributed by atoms with Crippen molar-refractivity contribution in [2.45, 2.75) is 18.7 Å². The van der Waals surface area contributed by atoms with E-state index < -0.39 is 0 Å². The van der Waals surface area contributed by atoms with Gasteiger partial charge in [0.1, 0.15) is 11.5 Å². The maximum atomic E-state index is 6.42. The van der Waals surface area contributed by atoms with Gasteiger partial charge in [-0.3, -0.25) is 0 Å². The fraction of sp³-hybridized carbons (Fsp3) is 0.240. The van der Waals surface area contributed by atoms with E-state index in [1.165, 1.54) is 0 Å². The minimum absolute atomic E-state index is 0.0873. The third-order valence-electron chi connectivity index (χ3n) is 5.79. The summed E-state index contributed by atoms with van der Waals surface area (Å²) in [4.78, 5) is 0. The van der Waals surface area contributed by atoms with E-state index in [1.807, 2.05) is 60.7 Å². The molecule has 0 unspecified atom stereocenters. The summed E-state index contributed by atoms with van der Waals surface area (Å²) in [6.45, 7) is 0. The standard InChI is InChI=1S/C25H24N2O4/c1-28-18-8-6-7-17(13-18)25-27-21(19-9-4-5-10-22(19)31-25)15-20(26-27)16-11-12-23(29-2)24(14-16)30-3/h4-14,21,25H,15H2,1-3H3/t21-,25+/m1/s1. The van der Waals surface area contributed by atoms with Gasteiger partial charge in [-0.2, -0.15) is 5.10 Å². The summed E-state index contributed by atoms with van der Waals surface area (Å²) in [5.41, 5.74) is 4.13. The first-order chi connectivity index (χ1) is 15.2. The molecule has 31 heavy (non-hydrogen) atoms. The molecule has 0 saturated heterocycles. The number of rotatable bonds is 5. The average molecular weight is 416 g/mol. The van der Waals surface area contributed by atoms with Gasteiger partial charge in [0.05, 0.1) is 33.1 Å². The molecule has 0 bridgehead atoms. The number of fused-ring (bicyclic) bond motifs is 3. The molecule has 2 heterocycles. The third kappa shape index (κ3) is 3.34. The van der Waals surface area contributed by atoms with Crippen LogP contribution in [0, 0.1) is 0 Å². The van der Waals surface area contributed by atoms with Crippen molar-refractivity contribution < 1.29 is 18.9 Å². The van der Waals surface area contributed by atoms with Gasteiger partial charge < -0.3 is 18.9 Å². The van der Waals surface area contributed by atoms with E-state index in [-0.39, 0.29) is 12.3 Å². The molecule has 3 aromatic carbocycles. The Morgan fingerprint density at radius 3 is 2.52 bits per heavy atom. The van der Waals surface area contributed by atoms with Gasteiger partial charge in [0.2, 0.25) is 6.23 Å². The minimum Gasteiger partial charge on any atom is -0.497 e. The molecule has 6 nitrogen and oxygen atoms in total. The molecule has 6 heteroatoms. The van der Waals surface area contributed by atoms with Gasteiger partial charge in [-0.1, -0.05) is 30.3 Å². The lowest BCUT2D eigenvalue weighted by Gasteiger charge is -2.38. The van der Waals surface area contributed by atoms with Crippen LogP contribution in [0.25, 0.3) is 0 Å². The summed E-state index contributed by atoms with van der Waals surface area (Å²) >= 11 is 0. The quantitative estimate of drug-likeness (QED) is 0.589. The summed E-state index contributed by atoms with van der Waals surface area (Å²) in [6.07, 6.45) is 0.434. The van der Waals surface area contributed by atoms with Gasteiger partial charge in [0.15, 0.2) is 11.5 Å². The predicted molar refractivity (Wildman–Crippen MR) is 118 cm³/mol. The molecule has 0 N–H and O–H groups in total. The first kappa shape index (κ1) is 19.3. The molecule has 3 aromatic rings. The Morgan fingerprint density at radius 1 is 0.871 bits per heavy atom. The lowest BCUT2D eigenvalue weighted by Crippen LogP contribution is -2.33. The molecule has 0 aromatic heterocycles. The monoisotopic (exact) mass is 416 g/mol. The third-order valence-corrected chi connectivity index (χ3v) is 5.79. The zero-order valence-corrected chi connectivity index (χ0v) is 17.7. The number of para-hydroxylation sites is 1. The molecule has 0 spiro atoms. The van der Waals surface area contributed by atoms with E-state index in [0.29, 0.717) is 11.5 Å². The summed E-state index contributed by atoms with van der Waals surface area (Å²) in [5, 5.41) is 7.07. The summed E-state index contributed by atoms with van der Waals surface area (Å²) in [6, 6.07) is 22.1. The highest BCUT2D eigenvalue weighted by atomic mass is 16.5. The number of nitrogens with zero attached hydrogens (tertiary/aromatic N) is 2. The number of ether oxygens (including phenoxy) is 4. The largest absolute Gasteiger partial charge is 0.497 e. The number of hydrogen-bond acceptors (Lipinski definition) is 6. The van der Waals surface area contributed by atoms with E-state index >= 15 is 0 Å². The van der Waals surface area contributed by atoms with E-state index in [0.717, 1.165) is 40.3 Å². The SMILES string of the molecule is COc1cccc([C@@H]2Oc3ccccc3[C@H]3CC(c4ccc(OC)c(OC)c4)=NN32)c1. The van der Waals surface area contributed by atoms with Crippen LogP contribution in [-0.2, 0) is 0 Å². The molecular formula is C25H24N2O4. The summed E-state index contributed by atoms with van der Waals surface area (Å²) < 4.78 is 22.7. The van der Waals surface area contributed by atoms with Crippen LogP contribution in [-0.4, -0.2) is 32.0 Å². The Bertz CT molecular complexity index is 1140. The van der Waals surface area contributed by atoms with E-state index in [1.54, 1.807) is 21.3 Å². The highest BCUT2D eigenvalue weighted by molar-refractivity contribution is 6.02. The fourth-order valence-corrected chi connectivity index (χ4v) is 4.24. The molecule has 5 rings (SSSR count). The second kappa shape index (κ2) is 7.87. The van der Waals surface area contributed by atoms with Gasteiger partial charge in [-0.05, 0) is 36.4 Å². The zero-order chi connectivity index (χ0) is 21.4. The van der Waals surface area contributed by atoms with Gasteiger partial charge >= 0.3 is 0 Å². The Hall–Kier alpha value is -3.67. The first-order valence-electron chi connectivity index (χ1n) is 10.2. The Balaban J connectivity index is 1.57. The molecule has 0 radical (unpaired) electrons. The van der Waals surface area contributed by atoms with Crippen LogP contribution in [0.2, 0.25) is 0 Å². The number of benzene rings is 3. The Kier molecular flexibility index (Phi) is 4.90. The van der Waals surface area contributed by atoms with Crippen molar-refractivity contribution in [2.24, 2.45) is 5.10 Å². The molecule has 0 aliphatic carbocycles. The average Bonchev–Trinajstić information content (AvgIpc) is 3.29. The van der Waals surface area contributed by atoms with E-state index in [4.69, 9.17) is 24.0 Å². The smallest absolute Gasteiger partial charge is 0.214 e. The lowest BCUT2D eigenvalue weighted by molar-refractivity contribution is -0.0191. The van der Waals surface area contributed by atoms with E-state index in [2.05, 4.69) is 11.1 Å². The molecule has 0 fully saturated rings. The second-order valence-corrected chi connectivity index (χ2v) is 7.50. The van der Waals surface area contributed by atoms with Gasteiger partial charge in [0.25, 0.3) is 0 Å². The van der Waals surface area contributed by atoms with Crippen molar-refractivity contribution in [3.63, 3.8) is 0 Å². The Labute approximate surface area is 181 Å². The number of methoxy groups -OCH3 is 3. The van der Waals surface area contributed by atoms with Crippen LogP contribution < -0.4 is 18.9 Å². The number of hydrazone groups is 1. The van der Waals surface area contributed by atoms with Crippen LogP contribution in [0.3, 0.4) is 0 Å².